The van der Waals surface area contributed by atoms with Gasteiger partial charge in [0.15, 0.2) is 5.76 Å². The molecule has 0 unspecified atom stereocenters. The summed E-state index contributed by atoms with van der Waals surface area (Å²) in [5, 5.41) is 9.19. The van der Waals surface area contributed by atoms with E-state index in [2.05, 4.69) is 25.8 Å². The third-order valence-corrected chi connectivity index (χ3v) is 2.46. The van der Waals surface area contributed by atoms with Gasteiger partial charge in [-0.1, -0.05) is 5.16 Å². The Morgan fingerprint density at radius 1 is 1.14 bits per heavy atom. The van der Waals surface area contributed by atoms with Crippen LogP contribution in [0.5, 0.6) is 0 Å². The van der Waals surface area contributed by atoms with Crippen molar-refractivity contribution in [3.05, 3.63) is 29.4 Å². The zero-order valence-electron chi connectivity index (χ0n) is 11.5. The SMILES string of the molecule is CCNc1cc(NCc2cc(C)no2)nc(C(F)(F)F)n1. The maximum absolute atomic E-state index is 12.7. The van der Waals surface area contributed by atoms with Crippen molar-refractivity contribution < 1.29 is 17.7 Å². The van der Waals surface area contributed by atoms with Crippen molar-refractivity contribution in [1.29, 1.82) is 0 Å². The summed E-state index contributed by atoms with van der Waals surface area (Å²) in [7, 11) is 0. The lowest BCUT2D eigenvalue weighted by Crippen LogP contribution is -2.15. The molecule has 0 fully saturated rings. The lowest BCUT2D eigenvalue weighted by atomic mass is 10.4. The van der Waals surface area contributed by atoms with E-state index in [1.807, 2.05) is 0 Å². The van der Waals surface area contributed by atoms with E-state index in [9.17, 15) is 13.2 Å². The number of alkyl halides is 3. The fourth-order valence-corrected chi connectivity index (χ4v) is 1.61. The molecular formula is C12H14F3N5O. The first kappa shape index (κ1) is 15.1. The summed E-state index contributed by atoms with van der Waals surface area (Å²) >= 11 is 0. The Hall–Kier alpha value is -2.32. The third kappa shape index (κ3) is 4.07. The smallest absolute Gasteiger partial charge is 0.370 e. The van der Waals surface area contributed by atoms with Gasteiger partial charge in [-0.25, -0.2) is 9.97 Å². The van der Waals surface area contributed by atoms with Gasteiger partial charge in [0.2, 0.25) is 5.82 Å². The summed E-state index contributed by atoms with van der Waals surface area (Å²) in [5.74, 6) is -0.528. The standard InChI is InChI=1S/C12H14F3N5O/c1-3-16-9-5-10(19-11(18-9)12(13,14)15)17-6-8-4-7(2)20-21-8/h4-5H,3,6H2,1-2H3,(H2,16,17,18,19). The molecule has 0 aliphatic rings. The summed E-state index contributed by atoms with van der Waals surface area (Å²) in [6.07, 6.45) is -4.61. The van der Waals surface area contributed by atoms with Crippen LogP contribution in [-0.4, -0.2) is 21.7 Å². The number of hydrogen-bond donors (Lipinski definition) is 2. The zero-order chi connectivity index (χ0) is 15.5. The number of anilines is 2. The van der Waals surface area contributed by atoms with Gasteiger partial charge in [0.05, 0.1) is 12.2 Å². The van der Waals surface area contributed by atoms with Crippen molar-refractivity contribution in [2.75, 3.05) is 17.2 Å². The van der Waals surface area contributed by atoms with Gasteiger partial charge in [0.1, 0.15) is 11.6 Å². The third-order valence-electron chi connectivity index (χ3n) is 2.46. The molecule has 2 heterocycles. The molecule has 2 N–H and O–H groups in total. The minimum absolute atomic E-state index is 0.0577. The Balaban J connectivity index is 2.19. The first-order valence-corrected chi connectivity index (χ1v) is 6.24. The van der Waals surface area contributed by atoms with Gasteiger partial charge in [-0.3, -0.25) is 0 Å². The molecular weight excluding hydrogens is 287 g/mol. The zero-order valence-corrected chi connectivity index (χ0v) is 11.5. The molecule has 2 aromatic rings. The highest BCUT2D eigenvalue weighted by atomic mass is 19.4. The highest BCUT2D eigenvalue weighted by Crippen LogP contribution is 2.28. The molecule has 0 aliphatic carbocycles. The average molecular weight is 301 g/mol. The molecule has 0 atom stereocenters. The summed E-state index contributed by atoms with van der Waals surface area (Å²) < 4.78 is 43.2. The van der Waals surface area contributed by atoms with Crippen LogP contribution >= 0.6 is 0 Å². The van der Waals surface area contributed by atoms with Crippen molar-refractivity contribution in [3.63, 3.8) is 0 Å². The average Bonchev–Trinajstić information content (AvgIpc) is 2.81. The second-order valence-corrected chi connectivity index (χ2v) is 4.28. The highest BCUT2D eigenvalue weighted by Gasteiger charge is 2.35. The molecule has 0 bridgehead atoms. The van der Waals surface area contributed by atoms with Gasteiger partial charge in [-0.2, -0.15) is 13.2 Å². The van der Waals surface area contributed by atoms with Crippen molar-refractivity contribution >= 4 is 11.6 Å². The maximum Gasteiger partial charge on any atom is 0.451 e. The molecule has 0 saturated heterocycles. The van der Waals surface area contributed by atoms with E-state index < -0.39 is 12.0 Å². The van der Waals surface area contributed by atoms with Gasteiger partial charge < -0.3 is 15.2 Å². The van der Waals surface area contributed by atoms with E-state index in [-0.39, 0.29) is 18.2 Å². The normalized spacial score (nSPS) is 11.5. The Morgan fingerprint density at radius 3 is 2.33 bits per heavy atom. The predicted molar refractivity (Wildman–Crippen MR) is 69.8 cm³/mol. The van der Waals surface area contributed by atoms with Gasteiger partial charge in [0, 0.05) is 18.7 Å². The van der Waals surface area contributed by atoms with E-state index in [4.69, 9.17) is 4.52 Å². The largest absolute Gasteiger partial charge is 0.451 e. The second-order valence-electron chi connectivity index (χ2n) is 4.28. The Morgan fingerprint density at radius 2 is 1.81 bits per heavy atom. The molecule has 114 valence electrons. The van der Waals surface area contributed by atoms with E-state index >= 15 is 0 Å². The molecule has 0 amide bonds. The summed E-state index contributed by atoms with van der Waals surface area (Å²) in [6, 6.07) is 3.09. The Labute approximate surface area is 118 Å². The van der Waals surface area contributed by atoms with Gasteiger partial charge in [-0.15, -0.1) is 0 Å². The Kier molecular flexibility index (Phi) is 4.29. The monoisotopic (exact) mass is 301 g/mol. The molecule has 0 spiro atoms. The number of rotatable bonds is 5. The van der Waals surface area contributed by atoms with Crippen LogP contribution in [0.25, 0.3) is 0 Å². The quantitative estimate of drug-likeness (QED) is 0.884. The van der Waals surface area contributed by atoms with Crippen molar-refractivity contribution in [3.8, 4) is 0 Å². The molecule has 9 heteroatoms. The molecule has 0 radical (unpaired) electrons. The lowest BCUT2D eigenvalue weighted by Gasteiger charge is -2.11. The van der Waals surface area contributed by atoms with E-state index in [0.29, 0.717) is 18.0 Å². The first-order chi connectivity index (χ1) is 9.88. The lowest BCUT2D eigenvalue weighted by molar-refractivity contribution is -0.144. The molecule has 21 heavy (non-hydrogen) atoms. The molecule has 2 aromatic heterocycles. The van der Waals surface area contributed by atoms with Crippen LogP contribution in [0.1, 0.15) is 24.2 Å². The number of aromatic nitrogens is 3. The van der Waals surface area contributed by atoms with Crippen molar-refractivity contribution in [2.45, 2.75) is 26.6 Å². The fourth-order valence-electron chi connectivity index (χ4n) is 1.61. The molecule has 2 rings (SSSR count). The van der Waals surface area contributed by atoms with Crippen LogP contribution in [0.15, 0.2) is 16.7 Å². The van der Waals surface area contributed by atoms with Crippen LogP contribution in [-0.2, 0) is 12.7 Å². The Bertz CT molecular complexity index is 611. The fraction of sp³-hybridized carbons (Fsp3) is 0.417. The molecule has 0 saturated carbocycles. The van der Waals surface area contributed by atoms with E-state index in [1.165, 1.54) is 6.07 Å². The van der Waals surface area contributed by atoms with Crippen LogP contribution in [0, 0.1) is 6.92 Å². The number of nitrogens with zero attached hydrogens (tertiary/aromatic N) is 3. The van der Waals surface area contributed by atoms with E-state index in [1.54, 1.807) is 19.9 Å². The predicted octanol–water partition coefficient (Wildman–Crippen LogP) is 2.84. The minimum Gasteiger partial charge on any atom is -0.370 e. The molecule has 0 aromatic carbocycles. The summed E-state index contributed by atoms with van der Waals surface area (Å²) in [5.41, 5.74) is 0.693. The van der Waals surface area contributed by atoms with Crippen LogP contribution in [0.4, 0.5) is 24.8 Å². The number of nitrogens with one attached hydrogen (secondary N) is 2. The number of aryl methyl sites for hydroxylation is 1. The van der Waals surface area contributed by atoms with E-state index in [0.717, 1.165) is 0 Å². The first-order valence-electron chi connectivity index (χ1n) is 6.24. The van der Waals surface area contributed by atoms with Gasteiger partial charge >= 0.3 is 6.18 Å². The molecule has 0 aliphatic heterocycles. The van der Waals surface area contributed by atoms with Gasteiger partial charge in [-0.05, 0) is 13.8 Å². The topological polar surface area (TPSA) is 75.9 Å². The maximum atomic E-state index is 12.7. The molecule has 6 nitrogen and oxygen atoms in total. The summed E-state index contributed by atoms with van der Waals surface area (Å²) in [4.78, 5) is 6.89. The van der Waals surface area contributed by atoms with Crippen molar-refractivity contribution in [2.24, 2.45) is 0 Å². The second kappa shape index (κ2) is 5.98. The van der Waals surface area contributed by atoms with Gasteiger partial charge in [0.25, 0.3) is 0 Å². The number of hydrogen-bond acceptors (Lipinski definition) is 6. The van der Waals surface area contributed by atoms with Crippen LogP contribution in [0.2, 0.25) is 0 Å². The van der Waals surface area contributed by atoms with Crippen molar-refractivity contribution in [1.82, 2.24) is 15.1 Å². The number of halogens is 3. The summed E-state index contributed by atoms with van der Waals surface area (Å²) in [6.45, 7) is 4.15. The highest BCUT2D eigenvalue weighted by molar-refractivity contribution is 5.47. The minimum atomic E-state index is -4.61. The van der Waals surface area contributed by atoms with Crippen LogP contribution < -0.4 is 10.6 Å². The van der Waals surface area contributed by atoms with Crippen LogP contribution in [0.3, 0.4) is 0 Å².